The van der Waals surface area contributed by atoms with Gasteiger partial charge in [0, 0.05) is 24.6 Å². The molecule has 100 valence electrons. The summed E-state index contributed by atoms with van der Waals surface area (Å²) in [5.41, 5.74) is 0.795. The van der Waals surface area contributed by atoms with Crippen molar-refractivity contribution < 1.29 is 9.13 Å². The first kappa shape index (κ1) is 13.5. The van der Waals surface area contributed by atoms with E-state index in [0.29, 0.717) is 18.0 Å². The molecule has 0 radical (unpaired) electrons. The van der Waals surface area contributed by atoms with Crippen molar-refractivity contribution in [2.45, 2.75) is 38.8 Å². The molecule has 0 amide bonds. The highest BCUT2D eigenvalue weighted by atomic mass is 19.1. The molecular weight excluding hydrogens is 229 g/mol. The van der Waals surface area contributed by atoms with E-state index in [1.165, 1.54) is 6.07 Å². The van der Waals surface area contributed by atoms with Crippen LogP contribution in [0.25, 0.3) is 0 Å². The number of rotatable bonds is 4. The third-order valence-corrected chi connectivity index (χ3v) is 3.46. The van der Waals surface area contributed by atoms with Crippen LogP contribution in [-0.2, 0) is 11.2 Å². The molecular formula is C15H22FNO. The Morgan fingerprint density at radius 1 is 1.39 bits per heavy atom. The predicted octanol–water partition coefficient (Wildman–Crippen LogP) is 2.77. The maximum Gasteiger partial charge on any atom is 0.126 e. The molecule has 2 nitrogen and oxygen atoms in total. The predicted molar refractivity (Wildman–Crippen MR) is 71.1 cm³/mol. The molecule has 1 saturated heterocycles. The average Bonchev–Trinajstić information content (AvgIpc) is 2.34. The zero-order chi connectivity index (χ0) is 13.0. The van der Waals surface area contributed by atoms with Gasteiger partial charge < -0.3 is 10.1 Å². The Labute approximate surface area is 109 Å². The Bertz CT molecular complexity index is 381. The Hall–Kier alpha value is -0.930. The molecule has 1 aliphatic heterocycles. The quantitative estimate of drug-likeness (QED) is 0.888. The summed E-state index contributed by atoms with van der Waals surface area (Å²) in [5.74, 6) is 0.254. The molecule has 2 atom stereocenters. The number of halogens is 1. The first-order valence-corrected chi connectivity index (χ1v) is 6.74. The van der Waals surface area contributed by atoms with Gasteiger partial charge in [0.05, 0.1) is 6.61 Å². The summed E-state index contributed by atoms with van der Waals surface area (Å²) >= 11 is 0. The second-order valence-electron chi connectivity index (χ2n) is 5.35. The van der Waals surface area contributed by atoms with Crippen molar-refractivity contribution in [1.82, 2.24) is 5.32 Å². The summed E-state index contributed by atoms with van der Waals surface area (Å²) in [5, 5.41) is 3.57. The normalized spacial score (nSPS) is 24.4. The lowest BCUT2D eigenvalue weighted by molar-refractivity contribution is 0.0297. The number of hydrogen-bond donors (Lipinski definition) is 1. The van der Waals surface area contributed by atoms with E-state index in [1.807, 2.05) is 12.1 Å². The largest absolute Gasteiger partial charge is 0.381 e. The molecule has 0 saturated carbocycles. The van der Waals surface area contributed by atoms with E-state index < -0.39 is 0 Å². The SMILES string of the molecule is CC(C)N[C@@H]1CCOC[C@H]1Cc1ccccc1F. The molecule has 18 heavy (non-hydrogen) atoms. The monoisotopic (exact) mass is 251 g/mol. The molecule has 1 fully saturated rings. The fourth-order valence-corrected chi connectivity index (χ4v) is 2.59. The zero-order valence-electron chi connectivity index (χ0n) is 11.2. The van der Waals surface area contributed by atoms with Gasteiger partial charge in [0.2, 0.25) is 0 Å². The number of hydrogen-bond acceptors (Lipinski definition) is 2. The van der Waals surface area contributed by atoms with Crippen molar-refractivity contribution in [3.63, 3.8) is 0 Å². The van der Waals surface area contributed by atoms with Gasteiger partial charge in [-0.15, -0.1) is 0 Å². The van der Waals surface area contributed by atoms with Gasteiger partial charge in [-0.1, -0.05) is 32.0 Å². The molecule has 0 aliphatic carbocycles. The van der Waals surface area contributed by atoms with Gasteiger partial charge in [0.1, 0.15) is 5.82 Å². The molecule has 3 heteroatoms. The van der Waals surface area contributed by atoms with E-state index in [4.69, 9.17) is 4.74 Å². The molecule has 1 aromatic rings. The lowest BCUT2D eigenvalue weighted by atomic mass is 9.89. The second kappa shape index (κ2) is 6.30. The first-order valence-electron chi connectivity index (χ1n) is 6.74. The molecule has 1 aliphatic rings. The van der Waals surface area contributed by atoms with E-state index in [0.717, 1.165) is 31.6 Å². The molecule has 0 bridgehead atoms. The van der Waals surface area contributed by atoms with E-state index in [1.54, 1.807) is 6.07 Å². The zero-order valence-corrected chi connectivity index (χ0v) is 11.2. The van der Waals surface area contributed by atoms with Gasteiger partial charge >= 0.3 is 0 Å². The molecule has 1 N–H and O–H groups in total. The smallest absolute Gasteiger partial charge is 0.126 e. The van der Waals surface area contributed by atoms with Gasteiger partial charge in [-0.2, -0.15) is 0 Å². The Balaban J connectivity index is 2.03. The highest BCUT2D eigenvalue weighted by Crippen LogP contribution is 2.21. The molecule has 0 spiro atoms. The lowest BCUT2D eigenvalue weighted by Crippen LogP contribution is -2.46. The van der Waals surface area contributed by atoms with Crippen LogP contribution >= 0.6 is 0 Å². The maximum atomic E-state index is 13.7. The highest BCUT2D eigenvalue weighted by Gasteiger charge is 2.26. The van der Waals surface area contributed by atoms with Crippen molar-refractivity contribution in [3.05, 3.63) is 35.6 Å². The van der Waals surface area contributed by atoms with Crippen LogP contribution in [-0.4, -0.2) is 25.3 Å². The minimum absolute atomic E-state index is 0.105. The van der Waals surface area contributed by atoms with Crippen LogP contribution in [0.1, 0.15) is 25.8 Å². The van der Waals surface area contributed by atoms with Crippen molar-refractivity contribution in [1.29, 1.82) is 0 Å². The fraction of sp³-hybridized carbons (Fsp3) is 0.600. The van der Waals surface area contributed by atoms with Crippen molar-refractivity contribution in [3.8, 4) is 0 Å². The van der Waals surface area contributed by atoms with Crippen molar-refractivity contribution in [2.75, 3.05) is 13.2 Å². The minimum atomic E-state index is -0.105. The van der Waals surface area contributed by atoms with Crippen molar-refractivity contribution >= 4 is 0 Å². The minimum Gasteiger partial charge on any atom is -0.381 e. The highest BCUT2D eigenvalue weighted by molar-refractivity contribution is 5.18. The van der Waals surface area contributed by atoms with Crippen LogP contribution in [0.3, 0.4) is 0 Å². The molecule has 0 unspecified atom stereocenters. The Morgan fingerprint density at radius 2 is 2.17 bits per heavy atom. The molecule has 2 rings (SSSR count). The van der Waals surface area contributed by atoms with Crippen LogP contribution in [0.2, 0.25) is 0 Å². The van der Waals surface area contributed by atoms with Gasteiger partial charge in [-0.05, 0) is 24.5 Å². The summed E-state index contributed by atoms with van der Waals surface area (Å²) in [4.78, 5) is 0. The van der Waals surface area contributed by atoms with E-state index in [2.05, 4.69) is 19.2 Å². The fourth-order valence-electron chi connectivity index (χ4n) is 2.59. The van der Waals surface area contributed by atoms with Crippen LogP contribution in [0.5, 0.6) is 0 Å². The number of nitrogens with one attached hydrogen (secondary N) is 1. The number of benzene rings is 1. The van der Waals surface area contributed by atoms with Crippen LogP contribution < -0.4 is 5.32 Å². The van der Waals surface area contributed by atoms with E-state index in [9.17, 15) is 4.39 Å². The Morgan fingerprint density at radius 3 is 2.89 bits per heavy atom. The summed E-state index contributed by atoms with van der Waals surface area (Å²) in [6.07, 6.45) is 1.76. The third kappa shape index (κ3) is 3.53. The maximum absolute atomic E-state index is 13.7. The van der Waals surface area contributed by atoms with E-state index in [-0.39, 0.29) is 5.82 Å². The van der Waals surface area contributed by atoms with Crippen LogP contribution in [0.15, 0.2) is 24.3 Å². The third-order valence-electron chi connectivity index (χ3n) is 3.46. The van der Waals surface area contributed by atoms with Crippen LogP contribution in [0.4, 0.5) is 4.39 Å². The van der Waals surface area contributed by atoms with Gasteiger partial charge in [0.25, 0.3) is 0 Å². The first-order chi connectivity index (χ1) is 8.66. The topological polar surface area (TPSA) is 21.3 Å². The summed E-state index contributed by atoms with van der Waals surface area (Å²) in [7, 11) is 0. The van der Waals surface area contributed by atoms with E-state index >= 15 is 0 Å². The molecule has 0 aromatic heterocycles. The summed E-state index contributed by atoms with van der Waals surface area (Å²) < 4.78 is 19.2. The number of ether oxygens (including phenoxy) is 1. The second-order valence-corrected chi connectivity index (χ2v) is 5.35. The molecule has 1 heterocycles. The van der Waals surface area contributed by atoms with Gasteiger partial charge in [-0.3, -0.25) is 0 Å². The van der Waals surface area contributed by atoms with Gasteiger partial charge in [0.15, 0.2) is 0 Å². The van der Waals surface area contributed by atoms with Crippen LogP contribution in [0, 0.1) is 11.7 Å². The standard InChI is InChI=1S/C15H22FNO/c1-11(2)17-15-7-8-18-10-13(15)9-12-5-3-4-6-14(12)16/h3-6,11,13,15,17H,7-10H2,1-2H3/t13-,15-/m1/s1. The van der Waals surface area contributed by atoms with Gasteiger partial charge in [-0.25, -0.2) is 4.39 Å². The average molecular weight is 251 g/mol. The van der Waals surface area contributed by atoms with Crippen molar-refractivity contribution in [2.24, 2.45) is 5.92 Å². The Kier molecular flexibility index (Phi) is 4.72. The summed E-state index contributed by atoms with van der Waals surface area (Å²) in [6.45, 7) is 5.82. The lowest BCUT2D eigenvalue weighted by Gasteiger charge is -2.33. The molecule has 1 aromatic carbocycles. The summed E-state index contributed by atoms with van der Waals surface area (Å²) in [6, 6.07) is 7.92.